The molecule has 0 amide bonds. The lowest BCUT2D eigenvalue weighted by atomic mass is 9.98. The lowest BCUT2D eigenvalue weighted by molar-refractivity contribution is 0.307. The first-order valence-corrected chi connectivity index (χ1v) is 13.1. The highest BCUT2D eigenvalue weighted by Crippen LogP contribution is 2.33. The van der Waals surface area contributed by atoms with Gasteiger partial charge < -0.3 is 4.74 Å². The fourth-order valence-electron chi connectivity index (χ4n) is 4.61. The molecule has 0 fully saturated rings. The summed E-state index contributed by atoms with van der Waals surface area (Å²) < 4.78 is 6.30. The molecule has 0 N–H and O–H groups in total. The van der Waals surface area contributed by atoms with Gasteiger partial charge in [0.2, 0.25) is 0 Å². The second kappa shape index (κ2) is 9.69. The van der Waals surface area contributed by atoms with E-state index in [1.807, 2.05) is 0 Å². The molecule has 6 aromatic carbocycles. The number of hydrogen-bond donors (Lipinski definition) is 0. The third kappa shape index (κ3) is 4.41. The van der Waals surface area contributed by atoms with E-state index in [-0.39, 0.29) is 10.9 Å². The van der Waals surface area contributed by atoms with E-state index >= 15 is 0 Å². The van der Waals surface area contributed by atoms with E-state index in [9.17, 15) is 0 Å². The Morgan fingerprint density at radius 2 is 0.971 bits per heavy atom. The Morgan fingerprint density at radius 1 is 0.457 bits per heavy atom. The van der Waals surface area contributed by atoms with Gasteiger partial charge in [-0.05, 0) is 81.7 Å². The van der Waals surface area contributed by atoms with Gasteiger partial charge in [0, 0.05) is 0 Å². The van der Waals surface area contributed by atoms with Gasteiger partial charge in [-0.2, -0.15) is 0 Å². The molecule has 0 heterocycles. The maximum absolute atomic E-state index is 6.30. The maximum atomic E-state index is 6.30. The summed E-state index contributed by atoms with van der Waals surface area (Å²) >= 11 is 0. The van der Waals surface area contributed by atoms with Gasteiger partial charge in [0.1, 0.15) is 12.4 Å². The van der Waals surface area contributed by atoms with E-state index < -0.39 is 0 Å². The highest BCUT2D eigenvalue weighted by atomic mass is 32.2. The molecule has 0 atom stereocenters. The first-order valence-electron chi connectivity index (χ1n) is 11.8. The summed E-state index contributed by atoms with van der Waals surface area (Å²) in [4.78, 5) is 3.91. The second-order valence-electron chi connectivity index (χ2n) is 8.49. The second-order valence-corrected chi connectivity index (χ2v) is 10.5. The molecule has 1 nitrogen and oxygen atoms in total. The van der Waals surface area contributed by atoms with Gasteiger partial charge in [0.25, 0.3) is 0 Å². The van der Waals surface area contributed by atoms with Crippen LogP contribution in [0.15, 0.2) is 154 Å². The van der Waals surface area contributed by atoms with Crippen LogP contribution < -0.4 is 4.74 Å². The highest BCUT2D eigenvalue weighted by molar-refractivity contribution is 7.97. The van der Waals surface area contributed by atoms with Crippen LogP contribution in [0.4, 0.5) is 0 Å². The third-order valence-corrected chi connectivity index (χ3v) is 8.50. The van der Waals surface area contributed by atoms with E-state index in [2.05, 4.69) is 140 Å². The normalized spacial score (nSPS) is 11.2. The molecule has 168 valence electrons. The van der Waals surface area contributed by atoms with Gasteiger partial charge in [0.05, 0.1) is 10.9 Å². The average Bonchev–Trinajstić information content (AvgIpc) is 2.94. The third-order valence-electron chi connectivity index (χ3n) is 6.27. The summed E-state index contributed by atoms with van der Waals surface area (Å²) in [5.41, 5.74) is 1.21. The molecule has 0 bridgehead atoms. The minimum absolute atomic E-state index is 0.153. The van der Waals surface area contributed by atoms with Crippen molar-refractivity contribution in [2.75, 3.05) is 0 Å². The van der Waals surface area contributed by atoms with Crippen molar-refractivity contribution in [3.63, 3.8) is 0 Å². The molecule has 0 aliphatic carbocycles. The Morgan fingerprint density at radius 3 is 1.63 bits per heavy atom. The van der Waals surface area contributed by atoms with Gasteiger partial charge in [0.15, 0.2) is 14.7 Å². The van der Waals surface area contributed by atoms with Crippen LogP contribution in [0.25, 0.3) is 21.5 Å². The van der Waals surface area contributed by atoms with Crippen molar-refractivity contribution in [1.82, 2.24) is 0 Å². The number of rotatable bonds is 6. The highest BCUT2D eigenvalue weighted by Gasteiger charge is 2.28. The van der Waals surface area contributed by atoms with E-state index in [0.29, 0.717) is 6.61 Å². The fraction of sp³-hybridized carbons (Fsp3) is 0.0303. The SMILES string of the molecule is c1ccc([S+](c2ccccc2)c2ccc(OCc3cc4ccccc4c4ccccc34)cc2)cc1. The van der Waals surface area contributed by atoms with Crippen LogP contribution in [0.5, 0.6) is 5.75 Å². The molecule has 6 aromatic rings. The molecular formula is C33H25OS+. The molecule has 0 aliphatic heterocycles. The minimum Gasteiger partial charge on any atom is -0.489 e. The van der Waals surface area contributed by atoms with Gasteiger partial charge in [-0.1, -0.05) is 84.9 Å². The molecule has 0 radical (unpaired) electrons. The monoisotopic (exact) mass is 469 g/mol. The van der Waals surface area contributed by atoms with Crippen LogP contribution in [0, 0.1) is 0 Å². The Balaban J connectivity index is 1.29. The summed E-state index contributed by atoms with van der Waals surface area (Å²) in [5, 5.41) is 5.05. The van der Waals surface area contributed by atoms with E-state index in [0.717, 1.165) is 5.75 Å². The van der Waals surface area contributed by atoms with Crippen molar-refractivity contribution in [2.24, 2.45) is 0 Å². The van der Waals surface area contributed by atoms with E-state index in [4.69, 9.17) is 4.74 Å². The first-order chi connectivity index (χ1) is 17.4. The topological polar surface area (TPSA) is 9.23 Å². The van der Waals surface area contributed by atoms with E-state index in [1.54, 1.807) is 0 Å². The largest absolute Gasteiger partial charge is 0.489 e. The van der Waals surface area contributed by atoms with Gasteiger partial charge >= 0.3 is 0 Å². The van der Waals surface area contributed by atoms with Gasteiger partial charge in [-0.3, -0.25) is 0 Å². The number of ether oxygens (including phenoxy) is 1. The molecule has 0 saturated carbocycles. The van der Waals surface area contributed by atoms with Crippen LogP contribution in [-0.2, 0) is 17.5 Å². The Bertz CT molecular complexity index is 1540. The molecule has 0 unspecified atom stereocenters. The molecule has 0 aliphatic rings. The Kier molecular flexibility index (Phi) is 5.96. The summed E-state index contributed by atoms with van der Waals surface area (Å²) in [6, 6.07) is 49.5. The van der Waals surface area contributed by atoms with Crippen LogP contribution in [0.3, 0.4) is 0 Å². The average molecular weight is 470 g/mol. The van der Waals surface area contributed by atoms with Crippen LogP contribution in [-0.4, -0.2) is 0 Å². The summed E-state index contributed by atoms with van der Waals surface area (Å²) in [7, 11) is -0.153. The Hall–Kier alpha value is -4.01. The van der Waals surface area contributed by atoms with Crippen molar-refractivity contribution in [3.8, 4) is 5.75 Å². The fourth-order valence-corrected chi connectivity index (χ4v) is 6.69. The van der Waals surface area contributed by atoms with Crippen molar-refractivity contribution < 1.29 is 4.74 Å². The lowest BCUT2D eigenvalue weighted by Crippen LogP contribution is -2.04. The molecule has 0 spiro atoms. The first kappa shape index (κ1) is 21.5. The summed E-state index contributed by atoms with van der Waals surface area (Å²) in [6.07, 6.45) is 0. The minimum atomic E-state index is -0.153. The van der Waals surface area contributed by atoms with Gasteiger partial charge in [-0.15, -0.1) is 0 Å². The van der Waals surface area contributed by atoms with E-state index in [1.165, 1.54) is 41.8 Å². The van der Waals surface area contributed by atoms with Crippen molar-refractivity contribution in [3.05, 3.63) is 145 Å². The standard InChI is InChI=1S/C33H25OS/c1-3-12-28(13-4-1)35(29-14-5-2-6-15-29)30-21-19-27(20-22-30)34-24-26-23-25-11-7-8-16-31(25)33-18-10-9-17-32(26)33/h1-23H,24H2/q+1. The van der Waals surface area contributed by atoms with Crippen LogP contribution in [0.1, 0.15) is 5.56 Å². The molecule has 0 saturated heterocycles. The zero-order valence-electron chi connectivity index (χ0n) is 19.3. The van der Waals surface area contributed by atoms with Crippen LogP contribution >= 0.6 is 0 Å². The molecule has 2 heteroatoms. The summed E-state index contributed by atoms with van der Waals surface area (Å²) in [5.74, 6) is 0.885. The number of fused-ring (bicyclic) bond motifs is 3. The van der Waals surface area contributed by atoms with Crippen LogP contribution in [0.2, 0.25) is 0 Å². The maximum Gasteiger partial charge on any atom is 0.166 e. The Labute approximate surface area is 209 Å². The summed E-state index contributed by atoms with van der Waals surface area (Å²) in [6.45, 7) is 0.535. The molecule has 0 aromatic heterocycles. The predicted octanol–water partition coefficient (Wildman–Crippen LogP) is 8.67. The lowest BCUT2D eigenvalue weighted by Gasteiger charge is -2.12. The van der Waals surface area contributed by atoms with Crippen molar-refractivity contribution in [1.29, 1.82) is 0 Å². The van der Waals surface area contributed by atoms with Crippen molar-refractivity contribution >= 4 is 32.4 Å². The quantitative estimate of drug-likeness (QED) is 0.175. The zero-order chi connectivity index (χ0) is 23.5. The molecule has 35 heavy (non-hydrogen) atoms. The smallest absolute Gasteiger partial charge is 0.166 e. The molecule has 6 rings (SSSR count). The van der Waals surface area contributed by atoms with Crippen molar-refractivity contribution in [2.45, 2.75) is 21.3 Å². The number of hydrogen-bond acceptors (Lipinski definition) is 1. The zero-order valence-corrected chi connectivity index (χ0v) is 20.1. The predicted molar refractivity (Wildman–Crippen MR) is 147 cm³/mol. The number of benzene rings is 6. The molecular weight excluding hydrogens is 444 g/mol. The van der Waals surface area contributed by atoms with Gasteiger partial charge in [-0.25, -0.2) is 0 Å².